The third-order valence-electron chi connectivity index (χ3n) is 7.73. The number of phenols is 1. The Hall–Kier alpha value is -3.31. The smallest absolute Gasteiger partial charge is 0.410 e. The van der Waals surface area contributed by atoms with Gasteiger partial charge in [0.25, 0.3) is 5.91 Å². The van der Waals surface area contributed by atoms with Crippen LogP contribution >= 0.6 is 11.6 Å². The SMILES string of the molecule is CC(C)(C)OC(=O)N1CCN2C(=O)c3c(N4CCC(O)C4(C)C)nc(-c4c(O)cccc4F)c(Cl)c3OC[C@H]2C1. The van der Waals surface area contributed by atoms with E-state index in [2.05, 4.69) is 4.98 Å². The van der Waals surface area contributed by atoms with Gasteiger partial charge < -0.3 is 34.4 Å². The second-order valence-electron chi connectivity index (χ2n) is 11.9. The number of anilines is 1. The van der Waals surface area contributed by atoms with Gasteiger partial charge in [0.2, 0.25) is 0 Å². The van der Waals surface area contributed by atoms with Crippen LogP contribution < -0.4 is 9.64 Å². The van der Waals surface area contributed by atoms with Crippen LogP contribution in [0.5, 0.6) is 11.5 Å². The Morgan fingerprint density at radius 3 is 2.58 bits per heavy atom. The number of hydrogen-bond donors (Lipinski definition) is 2. The molecule has 12 heteroatoms. The van der Waals surface area contributed by atoms with Crippen molar-refractivity contribution in [2.24, 2.45) is 0 Å². The quantitative estimate of drug-likeness (QED) is 0.550. The van der Waals surface area contributed by atoms with Gasteiger partial charge in [0, 0.05) is 26.2 Å². The molecule has 0 aliphatic carbocycles. The monoisotopic (exact) mass is 576 g/mol. The summed E-state index contributed by atoms with van der Waals surface area (Å²) in [6.45, 7) is 10.1. The van der Waals surface area contributed by atoms with Gasteiger partial charge in [0.1, 0.15) is 45.9 Å². The molecule has 3 aliphatic heterocycles. The van der Waals surface area contributed by atoms with E-state index in [-0.39, 0.29) is 65.4 Å². The number of fused-ring (bicyclic) bond motifs is 2. The number of carbonyl (C=O) groups excluding carboxylic acids is 2. The summed E-state index contributed by atoms with van der Waals surface area (Å²) in [6.07, 6.45) is -0.761. The largest absolute Gasteiger partial charge is 0.507 e. The van der Waals surface area contributed by atoms with Crippen LogP contribution in [0.2, 0.25) is 5.02 Å². The third kappa shape index (κ3) is 4.79. The van der Waals surface area contributed by atoms with Gasteiger partial charge in [-0.1, -0.05) is 17.7 Å². The van der Waals surface area contributed by atoms with E-state index in [0.29, 0.717) is 13.0 Å². The first-order valence-electron chi connectivity index (χ1n) is 13.3. The average Bonchev–Trinajstić information content (AvgIpc) is 3.04. The number of carbonyl (C=O) groups is 2. The number of aliphatic hydroxyl groups is 1. The van der Waals surface area contributed by atoms with Crippen molar-refractivity contribution in [3.63, 3.8) is 0 Å². The molecule has 2 N–H and O–H groups in total. The van der Waals surface area contributed by atoms with Crippen LogP contribution in [0.15, 0.2) is 18.2 Å². The van der Waals surface area contributed by atoms with E-state index in [0.717, 1.165) is 0 Å². The standard InChI is InChI=1S/C28H34ClFN4O6/c1-27(2,3)40-26(38)32-11-12-33-15(13-32)14-39-23-20(25(33)37)24(34-10-9-18(36)28(34,4)5)31-22(21(23)29)19-16(30)7-6-8-17(19)35/h6-8,15,18,35-36H,9-14H2,1-5H3/t15-,18?/m1/s1. The highest BCUT2D eigenvalue weighted by molar-refractivity contribution is 6.35. The molecule has 40 heavy (non-hydrogen) atoms. The van der Waals surface area contributed by atoms with Crippen LogP contribution in [0, 0.1) is 5.82 Å². The lowest BCUT2D eigenvalue weighted by atomic mass is 9.97. The number of aromatic hydroxyl groups is 1. The lowest BCUT2D eigenvalue weighted by Crippen LogP contribution is -2.58. The molecule has 5 rings (SSSR count). The molecular weight excluding hydrogens is 543 g/mol. The summed E-state index contributed by atoms with van der Waals surface area (Å²) in [5, 5.41) is 21.2. The number of hydrogen-bond acceptors (Lipinski definition) is 8. The number of nitrogens with zero attached hydrogens (tertiary/aromatic N) is 4. The van der Waals surface area contributed by atoms with Gasteiger partial charge in [-0.25, -0.2) is 14.2 Å². The topological polar surface area (TPSA) is 116 Å². The maximum Gasteiger partial charge on any atom is 0.410 e. The van der Waals surface area contributed by atoms with Crippen molar-refractivity contribution in [1.29, 1.82) is 0 Å². The highest BCUT2D eigenvalue weighted by Gasteiger charge is 2.46. The van der Waals surface area contributed by atoms with Gasteiger partial charge in [-0.3, -0.25) is 4.79 Å². The molecule has 2 atom stereocenters. The maximum absolute atomic E-state index is 15.0. The number of rotatable bonds is 2. The first-order chi connectivity index (χ1) is 18.7. The van der Waals surface area contributed by atoms with E-state index in [4.69, 9.17) is 21.1 Å². The van der Waals surface area contributed by atoms with Crippen LogP contribution in [-0.2, 0) is 4.74 Å². The van der Waals surface area contributed by atoms with E-state index in [9.17, 15) is 19.8 Å². The lowest BCUT2D eigenvalue weighted by molar-refractivity contribution is 0.000952. The fourth-order valence-corrected chi connectivity index (χ4v) is 5.78. The summed E-state index contributed by atoms with van der Waals surface area (Å²) in [6, 6.07) is 3.36. The number of ether oxygens (including phenoxy) is 2. The first kappa shape index (κ1) is 28.2. The molecule has 10 nitrogen and oxygen atoms in total. The second-order valence-corrected chi connectivity index (χ2v) is 12.3. The summed E-state index contributed by atoms with van der Waals surface area (Å²) in [5.41, 5.74) is -1.69. The molecule has 4 heterocycles. The van der Waals surface area contributed by atoms with E-state index in [1.54, 1.807) is 35.5 Å². The van der Waals surface area contributed by atoms with E-state index >= 15 is 4.39 Å². The minimum absolute atomic E-state index is 0.00984. The van der Waals surface area contributed by atoms with Crippen LogP contribution in [0.25, 0.3) is 11.3 Å². The Morgan fingerprint density at radius 2 is 1.95 bits per heavy atom. The van der Waals surface area contributed by atoms with Crippen LogP contribution in [0.3, 0.4) is 0 Å². The molecule has 1 aromatic carbocycles. The molecule has 2 saturated heterocycles. The Kier molecular flexibility index (Phi) is 7.02. The predicted molar refractivity (Wildman–Crippen MR) is 146 cm³/mol. The first-order valence-corrected chi connectivity index (χ1v) is 13.7. The predicted octanol–water partition coefficient (Wildman–Crippen LogP) is 4.05. The molecule has 1 aromatic heterocycles. The molecule has 2 aromatic rings. The summed E-state index contributed by atoms with van der Waals surface area (Å²) in [5.74, 6) is -1.31. The minimum Gasteiger partial charge on any atom is -0.507 e. The van der Waals surface area contributed by atoms with Crippen LogP contribution in [0.1, 0.15) is 51.4 Å². The molecule has 0 saturated carbocycles. The average molecular weight is 577 g/mol. The van der Waals surface area contributed by atoms with Gasteiger partial charge in [0.15, 0.2) is 5.75 Å². The molecular formula is C28H34ClFN4O6. The Balaban J connectivity index is 1.62. The molecule has 0 radical (unpaired) electrons. The maximum atomic E-state index is 15.0. The summed E-state index contributed by atoms with van der Waals surface area (Å²) in [4.78, 5) is 36.6. The van der Waals surface area contributed by atoms with Crippen molar-refractivity contribution in [3.05, 3.63) is 34.6 Å². The zero-order valence-corrected chi connectivity index (χ0v) is 24.0. The van der Waals surface area contributed by atoms with Crippen LogP contribution in [-0.4, -0.2) is 93.1 Å². The lowest BCUT2D eigenvalue weighted by Gasteiger charge is -2.40. The third-order valence-corrected chi connectivity index (χ3v) is 8.08. The number of benzene rings is 1. The highest BCUT2D eigenvalue weighted by Crippen LogP contribution is 2.48. The number of aliphatic hydroxyl groups excluding tert-OH is 1. The molecule has 216 valence electrons. The van der Waals surface area contributed by atoms with Gasteiger partial charge in [-0.15, -0.1) is 0 Å². The number of piperazine rings is 1. The molecule has 1 unspecified atom stereocenters. The molecule has 2 fully saturated rings. The Labute approximate surface area is 237 Å². The zero-order valence-electron chi connectivity index (χ0n) is 23.2. The number of pyridine rings is 1. The van der Waals surface area contributed by atoms with E-state index in [1.807, 2.05) is 13.8 Å². The zero-order chi connectivity index (χ0) is 29.1. The van der Waals surface area contributed by atoms with Crippen molar-refractivity contribution >= 4 is 29.4 Å². The van der Waals surface area contributed by atoms with Crippen LogP contribution in [0.4, 0.5) is 15.0 Å². The van der Waals surface area contributed by atoms with E-state index in [1.165, 1.54) is 18.2 Å². The van der Waals surface area contributed by atoms with Gasteiger partial charge in [-0.2, -0.15) is 0 Å². The van der Waals surface area contributed by atoms with Gasteiger partial charge in [-0.05, 0) is 53.2 Å². The van der Waals surface area contributed by atoms with Crippen molar-refractivity contribution < 1.29 is 33.7 Å². The minimum atomic E-state index is -0.815. The van der Waals surface area contributed by atoms with Gasteiger partial charge >= 0.3 is 6.09 Å². The number of amides is 2. The van der Waals surface area contributed by atoms with Crippen molar-refractivity contribution in [3.8, 4) is 22.8 Å². The highest BCUT2D eigenvalue weighted by atomic mass is 35.5. The van der Waals surface area contributed by atoms with E-state index < -0.39 is 41.1 Å². The summed E-state index contributed by atoms with van der Waals surface area (Å²) < 4.78 is 26.7. The molecule has 0 bridgehead atoms. The molecule has 0 spiro atoms. The van der Waals surface area contributed by atoms with Crippen molar-refractivity contribution in [1.82, 2.24) is 14.8 Å². The fraction of sp³-hybridized carbons (Fsp3) is 0.536. The normalized spacial score (nSPS) is 22.4. The molecule has 3 aliphatic rings. The fourth-order valence-electron chi connectivity index (χ4n) is 5.50. The van der Waals surface area contributed by atoms with Gasteiger partial charge in [0.05, 0.1) is 23.2 Å². The van der Waals surface area contributed by atoms with Crippen molar-refractivity contribution in [2.45, 2.75) is 64.3 Å². The second kappa shape index (κ2) is 9.95. The Bertz CT molecular complexity index is 1340. The number of aromatic nitrogens is 1. The Morgan fingerprint density at radius 1 is 1.23 bits per heavy atom. The molecule has 2 amide bonds. The summed E-state index contributed by atoms with van der Waals surface area (Å²) in [7, 11) is 0. The number of phenolic OH excluding ortho intramolecular Hbond substituents is 1. The summed E-state index contributed by atoms with van der Waals surface area (Å²) >= 11 is 6.78. The number of halogens is 2. The van der Waals surface area contributed by atoms with Crippen molar-refractivity contribution in [2.75, 3.05) is 37.7 Å².